The van der Waals surface area contributed by atoms with Gasteiger partial charge in [0, 0.05) is 16.1 Å². The van der Waals surface area contributed by atoms with Crippen LogP contribution in [0.2, 0.25) is 10.0 Å². The fourth-order valence-corrected chi connectivity index (χ4v) is 2.60. The zero-order valence-corrected chi connectivity index (χ0v) is 14.6. The normalized spacial score (nSPS) is 10.5. The van der Waals surface area contributed by atoms with Crippen LogP contribution in [0.5, 0.6) is 5.75 Å². The van der Waals surface area contributed by atoms with Gasteiger partial charge in [-0.15, -0.1) is 0 Å². The molecule has 0 aliphatic rings. The summed E-state index contributed by atoms with van der Waals surface area (Å²) in [4.78, 5) is 12.1. The Bertz CT molecular complexity index is 699. The minimum Gasteiger partial charge on any atom is -0.484 e. The molecular formula is C16H13BrCl2O2. The van der Waals surface area contributed by atoms with E-state index in [0.29, 0.717) is 25.8 Å². The Morgan fingerprint density at radius 2 is 1.81 bits per heavy atom. The van der Waals surface area contributed by atoms with E-state index in [1.54, 1.807) is 18.2 Å². The molecule has 0 unspecified atom stereocenters. The molecule has 2 nitrogen and oxygen atoms in total. The number of Topliss-reactive ketones (excluding diaryl/α,β-unsaturated/α-hetero) is 1. The summed E-state index contributed by atoms with van der Waals surface area (Å²) in [5.41, 5.74) is 2.85. The van der Waals surface area contributed by atoms with Gasteiger partial charge in [0.15, 0.2) is 12.4 Å². The van der Waals surface area contributed by atoms with Crippen LogP contribution in [0, 0.1) is 13.8 Å². The van der Waals surface area contributed by atoms with E-state index < -0.39 is 0 Å². The highest BCUT2D eigenvalue weighted by Gasteiger charge is 2.11. The van der Waals surface area contributed by atoms with Crippen LogP contribution in [0.3, 0.4) is 0 Å². The van der Waals surface area contributed by atoms with E-state index in [1.807, 2.05) is 26.0 Å². The number of ketones is 1. The van der Waals surface area contributed by atoms with Crippen molar-refractivity contribution in [3.63, 3.8) is 0 Å². The first-order valence-corrected chi connectivity index (χ1v) is 7.81. The van der Waals surface area contributed by atoms with E-state index in [1.165, 1.54) is 0 Å². The molecule has 0 fully saturated rings. The number of carbonyl (C=O) groups is 1. The molecule has 0 aromatic heterocycles. The number of hydrogen-bond acceptors (Lipinski definition) is 2. The van der Waals surface area contributed by atoms with Gasteiger partial charge >= 0.3 is 0 Å². The maximum absolute atomic E-state index is 12.1. The molecule has 0 bridgehead atoms. The van der Waals surface area contributed by atoms with Crippen LogP contribution in [0.1, 0.15) is 21.5 Å². The zero-order chi connectivity index (χ0) is 15.6. The molecule has 0 N–H and O–H groups in total. The average molecular weight is 388 g/mol. The third-order valence-corrected chi connectivity index (χ3v) is 4.65. The number of rotatable bonds is 4. The number of hydrogen-bond donors (Lipinski definition) is 0. The van der Waals surface area contributed by atoms with Crippen molar-refractivity contribution in [3.8, 4) is 5.75 Å². The lowest BCUT2D eigenvalue weighted by atomic mass is 10.0. The van der Waals surface area contributed by atoms with E-state index in [-0.39, 0.29) is 12.4 Å². The molecule has 2 aromatic carbocycles. The highest BCUT2D eigenvalue weighted by Crippen LogP contribution is 2.34. The molecule has 110 valence electrons. The van der Waals surface area contributed by atoms with Crippen LogP contribution in [0.4, 0.5) is 0 Å². The Balaban J connectivity index is 2.11. The molecule has 0 atom stereocenters. The number of halogens is 3. The number of ether oxygens (including phenoxy) is 1. The number of benzene rings is 2. The van der Waals surface area contributed by atoms with Crippen molar-refractivity contribution in [1.29, 1.82) is 0 Å². The molecule has 0 radical (unpaired) electrons. The van der Waals surface area contributed by atoms with Gasteiger partial charge in [0.1, 0.15) is 5.75 Å². The lowest BCUT2D eigenvalue weighted by Gasteiger charge is -2.09. The predicted molar refractivity (Wildman–Crippen MR) is 89.9 cm³/mol. The SMILES string of the molecule is Cc1ccc(C(=O)COc2cc(Cl)c(Br)cc2Cl)cc1C. The Labute approximate surface area is 142 Å². The zero-order valence-electron chi connectivity index (χ0n) is 11.5. The van der Waals surface area contributed by atoms with Gasteiger partial charge in [-0.3, -0.25) is 4.79 Å². The molecule has 0 spiro atoms. The molecule has 0 saturated heterocycles. The van der Waals surface area contributed by atoms with Crippen LogP contribution < -0.4 is 4.74 Å². The van der Waals surface area contributed by atoms with Gasteiger partial charge in [0.2, 0.25) is 0 Å². The van der Waals surface area contributed by atoms with Crippen LogP contribution in [-0.2, 0) is 0 Å². The summed E-state index contributed by atoms with van der Waals surface area (Å²) in [7, 11) is 0. The molecule has 0 amide bonds. The molecule has 21 heavy (non-hydrogen) atoms. The smallest absolute Gasteiger partial charge is 0.200 e. The molecular weight excluding hydrogens is 375 g/mol. The average Bonchev–Trinajstić information content (AvgIpc) is 2.44. The van der Waals surface area contributed by atoms with Crippen LogP contribution in [0.25, 0.3) is 0 Å². The summed E-state index contributed by atoms with van der Waals surface area (Å²) in [6.07, 6.45) is 0. The summed E-state index contributed by atoms with van der Waals surface area (Å²) in [6, 6.07) is 8.80. The lowest BCUT2D eigenvalue weighted by molar-refractivity contribution is 0.0921. The Kier molecular flexibility index (Phi) is 5.31. The first-order chi connectivity index (χ1) is 9.88. The Hall–Kier alpha value is -1.03. The van der Waals surface area contributed by atoms with Crippen LogP contribution in [0.15, 0.2) is 34.8 Å². The number of aryl methyl sites for hydroxylation is 2. The van der Waals surface area contributed by atoms with Gasteiger partial charge < -0.3 is 4.74 Å². The van der Waals surface area contributed by atoms with E-state index in [9.17, 15) is 4.79 Å². The minimum absolute atomic E-state index is 0.0832. The molecule has 0 aliphatic carbocycles. The maximum Gasteiger partial charge on any atom is 0.200 e. The predicted octanol–water partition coefficient (Wildman–Crippen LogP) is 5.63. The minimum atomic E-state index is -0.104. The topological polar surface area (TPSA) is 26.3 Å². The second-order valence-electron chi connectivity index (χ2n) is 4.71. The van der Waals surface area contributed by atoms with Gasteiger partial charge in [-0.05, 0) is 53.0 Å². The lowest BCUT2D eigenvalue weighted by Crippen LogP contribution is -2.12. The third kappa shape index (κ3) is 4.00. The Morgan fingerprint density at radius 1 is 1.10 bits per heavy atom. The first-order valence-electron chi connectivity index (χ1n) is 6.26. The van der Waals surface area contributed by atoms with Crippen molar-refractivity contribution in [2.45, 2.75) is 13.8 Å². The van der Waals surface area contributed by atoms with E-state index in [2.05, 4.69) is 15.9 Å². The monoisotopic (exact) mass is 386 g/mol. The highest BCUT2D eigenvalue weighted by atomic mass is 79.9. The molecule has 0 saturated carbocycles. The maximum atomic E-state index is 12.1. The Morgan fingerprint density at radius 3 is 2.48 bits per heavy atom. The van der Waals surface area contributed by atoms with Gasteiger partial charge in [0.05, 0.1) is 10.0 Å². The van der Waals surface area contributed by atoms with Crippen molar-refractivity contribution in [1.82, 2.24) is 0 Å². The van der Waals surface area contributed by atoms with Gasteiger partial charge in [-0.1, -0.05) is 35.3 Å². The second-order valence-corrected chi connectivity index (χ2v) is 6.38. The molecule has 2 rings (SSSR count). The van der Waals surface area contributed by atoms with Crippen LogP contribution in [-0.4, -0.2) is 12.4 Å². The molecule has 0 aliphatic heterocycles. The molecule has 2 aromatic rings. The van der Waals surface area contributed by atoms with Crippen molar-refractivity contribution in [2.24, 2.45) is 0 Å². The van der Waals surface area contributed by atoms with Gasteiger partial charge in [-0.25, -0.2) is 0 Å². The van der Waals surface area contributed by atoms with Crippen LogP contribution >= 0.6 is 39.1 Å². The van der Waals surface area contributed by atoms with E-state index in [4.69, 9.17) is 27.9 Å². The summed E-state index contributed by atoms with van der Waals surface area (Å²) in [5, 5.41) is 0.882. The summed E-state index contributed by atoms with van der Waals surface area (Å²) in [6.45, 7) is 3.89. The quantitative estimate of drug-likeness (QED) is 0.501. The van der Waals surface area contributed by atoms with E-state index >= 15 is 0 Å². The van der Waals surface area contributed by atoms with Crippen molar-refractivity contribution >= 4 is 44.9 Å². The molecule has 0 heterocycles. The first kappa shape index (κ1) is 16.3. The summed E-state index contributed by atoms with van der Waals surface area (Å²) in [5.74, 6) is 0.287. The summed E-state index contributed by atoms with van der Waals surface area (Å²) >= 11 is 15.3. The van der Waals surface area contributed by atoms with E-state index in [0.717, 1.165) is 11.1 Å². The number of carbonyl (C=O) groups excluding carboxylic acids is 1. The van der Waals surface area contributed by atoms with Crippen molar-refractivity contribution < 1.29 is 9.53 Å². The fraction of sp³-hybridized carbons (Fsp3) is 0.188. The van der Waals surface area contributed by atoms with Gasteiger partial charge in [0.25, 0.3) is 0 Å². The third-order valence-electron chi connectivity index (χ3n) is 3.16. The summed E-state index contributed by atoms with van der Waals surface area (Å²) < 4.78 is 6.15. The van der Waals surface area contributed by atoms with Gasteiger partial charge in [-0.2, -0.15) is 0 Å². The van der Waals surface area contributed by atoms with Crippen molar-refractivity contribution in [3.05, 3.63) is 61.5 Å². The van der Waals surface area contributed by atoms with Crippen molar-refractivity contribution in [2.75, 3.05) is 6.61 Å². The largest absolute Gasteiger partial charge is 0.484 e. The standard InChI is InChI=1S/C16H13BrCl2O2/c1-9-3-4-11(5-10(9)2)15(20)8-21-16-7-13(18)12(17)6-14(16)19/h3-7H,8H2,1-2H3. The second kappa shape index (κ2) is 6.82. The molecule has 5 heteroatoms. The highest BCUT2D eigenvalue weighted by molar-refractivity contribution is 9.10. The fourth-order valence-electron chi connectivity index (χ4n) is 1.76.